The Morgan fingerprint density at radius 3 is 2.19 bits per heavy atom. The van der Waals surface area contributed by atoms with E-state index < -0.39 is 17.6 Å². The van der Waals surface area contributed by atoms with E-state index in [-0.39, 0.29) is 24.1 Å². The van der Waals surface area contributed by atoms with Crippen LogP contribution >= 0.6 is 0 Å². The minimum atomic E-state index is -0.661. The Labute approximate surface area is 187 Å². The van der Waals surface area contributed by atoms with Crippen LogP contribution in [0.2, 0.25) is 0 Å². The van der Waals surface area contributed by atoms with E-state index in [0.29, 0.717) is 37.2 Å². The third-order valence-corrected chi connectivity index (χ3v) is 7.16. The molecule has 172 valence electrons. The lowest BCUT2D eigenvalue weighted by Gasteiger charge is -2.48. The Kier molecular flexibility index (Phi) is 6.30. The van der Waals surface area contributed by atoms with Crippen LogP contribution in [0.5, 0.6) is 0 Å². The highest BCUT2D eigenvalue weighted by molar-refractivity contribution is 6.22. The number of carbonyl (C=O) groups is 4. The average Bonchev–Trinajstić information content (AvgIpc) is 3.12. The van der Waals surface area contributed by atoms with E-state index in [1.54, 1.807) is 12.1 Å². The number of hydrogen-bond acceptors (Lipinski definition) is 7. The molecule has 9 nitrogen and oxygen atoms in total. The normalized spacial score (nSPS) is 24.5. The van der Waals surface area contributed by atoms with Crippen molar-refractivity contribution in [3.8, 4) is 0 Å². The van der Waals surface area contributed by atoms with Crippen LogP contribution in [0, 0.1) is 0 Å². The number of imide groups is 1. The van der Waals surface area contributed by atoms with E-state index in [2.05, 4.69) is 9.64 Å². The Hall–Kier alpha value is -2.78. The van der Waals surface area contributed by atoms with Crippen LogP contribution < -0.4 is 10.6 Å². The monoisotopic (exact) mass is 442 g/mol. The Morgan fingerprint density at radius 2 is 1.62 bits per heavy atom. The third kappa shape index (κ3) is 3.91. The molecule has 3 heterocycles. The lowest BCUT2D eigenvalue weighted by Crippen LogP contribution is -2.64. The maximum Gasteiger partial charge on any atom is 0.337 e. The average molecular weight is 443 g/mol. The summed E-state index contributed by atoms with van der Waals surface area (Å²) in [5.41, 5.74) is 5.99. The van der Waals surface area contributed by atoms with E-state index in [1.165, 1.54) is 30.6 Å². The smallest absolute Gasteiger partial charge is 0.337 e. The van der Waals surface area contributed by atoms with Gasteiger partial charge in [-0.2, -0.15) is 0 Å². The van der Waals surface area contributed by atoms with E-state index in [1.807, 2.05) is 4.90 Å². The summed E-state index contributed by atoms with van der Waals surface area (Å²) >= 11 is 0. The zero-order valence-electron chi connectivity index (χ0n) is 18.4. The van der Waals surface area contributed by atoms with Crippen molar-refractivity contribution in [1.82, 2.24) is 9.80 Å². The second-order valence-electron chi connectivity index (χ2n) is 8.81. The summed E-state index contributed by atoms with van der Waals surface area (Å²) in [6, 6.07) is 5.69. The Morgan fingerprint density at radius 1 is 1.00 bits per heavy atom. The number of piperidine rings is 2. The highest BCUT2D eigenvalue weighted by atomic mass is 16.5. The fraction of sp³-hybridized carbons (Fsp3) is 0.565. The van der Waals surface area contributed by atoms with E-state index in [4.69, 9.17) is 5.73 Å². The van der Waals surface area contributed by atoms with Crippen molar-refractivity contribution in [2.24, 2.45) is 5.73 Å². The lowest BCUT2D eigenvalue weighted by atomic mass is 9.83. The van der Waals surface area contributed by atoms with Gasteiger partial charge in [0.2, 0.25) is 11.8 Å². The van der Waals surface area contributed by atoms with Crippen molar-refractivity contribution in [2.75, 3.05) is 38.2 Å². The minimum Gasteiger partial charge on any atom is -0.465 e. The molecule has 32 heavy (non-hydrogen) atoms. The van der Waals surface area contributed by atoms with E-state index in [0.717, 1.165) is 25.9 Å². The number of hydrogen-bond donors (Lipinski definition) is 1. The molecule has 1 aromatic carbocycles. The van der Waals surface area contributed by atoms with Crippen molar-refractivity contribution in [3.05, 3.63) is 29.8 Å². The fourth-order valence-electron chi connectivity index (χ4n) is 5.28. The van der Waals surface area contributed by atoms with Gasteiger partial charge in [0.1, 0.15) is 5.54 Å². The first-order chi connectivity index (χ1) is 15.4. The zero-order valence-corrected chi connectivity index (χ0v) is 18.4. The number of esters is 1. The fourth-order valence-corrected chi connectivity index (χ4v) is 5.28. The summed E-state index contributed by atoms with van der Waals surface area (Å²) in [5, 5.41) is 0. The predicted molar refractivity (Wildman–Crippen MR) is 117 cm³/mol. The van der Waals surface area contributed by atoms with Crippen molar-refractivity contribution in [2.45, 2.75) is 50.1 Å². The van der Waals surface area contributed by atoms with Gasteiger partial charge < -0.3 is 10.5 Å². The maximum atomic E-state index is 13.2. The topological polar surface area (TPSA) is 113 Å². The lowest BCUT2D eigenvalue weighted by molar-refractivity contribution is -0.136. The molecule has 3 aliphatic rings. The van der Waals surface area contributed by atoms with Gasteiger partial charge in [0.15, 0.2) is 0 Å². The summed E-state index contributed by atoms with van der Waals surface area (Å²) in [6.45, 7) is 2.83. The van der Waals surface area contributed by atoms with Gasteiger partial charge in [-0.05, 0) is 63.0 Å². The predicted octanol–water partition coefficient (Wildman–Crippen LogP) is 0.911. The third-order valence-electron chi connectivity index (χ3n) is 7.16. The van der Waals surface area contributed by atoms with Crippen LogP contribution in [-0.2, 0) is 19.1 Å². The summed E-state index contributed by atoms with van der Waals surface area (Å²) in [6.07, 6.45) is 4.54. The number of amides is 3. The number of likely N-dealkylation sites (tertiary alicyclic amines) is 2. The molecule has 2 N–H and O–H groups in total. The summed E-state index contributed by atoms with van der Waals surface area (Å²) in [5.74, 6) is -1.31. The van der Waals surface area contributed by atoms with Gasteiger partial charge in [0.25, 0.3) is 5.91 Å². The van der Waals surface area contributed by atoms with Crippen molar-refractivity contribution >= 4 is 29.4 Å². The second kappa shape index (κ2) is 8.99. The van der Waals surface area contributed by atoms with Gasteiger partial charge >= 0.3 is 5.97 Å². The van der Waals surface area contributed by atoms with Crippen molar-refractivity contribution in [3.63, 3.8) is 0 Å². The summed E-state index contributed by atoms with van der Waals surface area (Å²) in [7, 11) is 1.30. The quantitative estimate of drug-likeness (QED) is 0.533. The molecule has 0 unspecified atom stereocenters. The van der Waals surface area contributed by atoms with Crippen LogP contribution in [-0.4, -0.2) is 78.4 Å². The Bertz CT molecular complexity index is 901. The molecule has 0 radical (unpaired) electrons. The zero-order chi connectivity index (χ0) is 22.9. The molecular weight excluding hydrogens is 412 g/mol. The number of methoxy groups -OCH3 is 1. The van der Waals surface area contributed by atoms with Crippen LogP contribution in [0.1, 0.15) is 48.9 Å². The van der Waals surface area contributed by atoms with Crippen LogP contribution in [0.4, 0.5) is 5.69 Å². The number of nitrogens with two attached hydrogens (primary N) is 1. The molecular formula is C23H30N4O5. The number of carbonyl (C=O) groups excluding carboxylic acids is 4. The first-order valence-electron chi connectivity index (χ1n) is 11.2. The molecule has 0 aromatic heterocycles. The molecule has 4 rings (SSSR count). The van der Waals surface area contributed by atoms with Gasteiger partial charge in [-0.25, -0.2) is 9.69 Å². The molecule has 1 aromatic rings. The molecule has 0 aliphatic carbocycles. The second-order valence-corrected chi connectivity index (χ2v) is 8.81. The molecule has 0 saturated carbocycles. The summed E-state index contributed by atoms with van der Waals surface area (Å²) < 4.78 is 4.69. The van der Waals surface area contributed by atoms with Gasteiger partial charge in [0, 0.05) is 13.1 Å². The highest BCUT2D eigenvalue weighted by Gasteiger charge is 2.49. The maximum absolute atomic E-state index is 13.2. The van der Waals surface area contributed by atoms with Gasteiger partial charge in [-0.3, -0.25) is 24.2 Å². The molecule has 3 amide bonds. The number of nitrogens with zero attached hydrogens (tertiary/aromatic N) is 3. The van der Waals surface area contributed by atoms with E-state index >= 15 is 0 Å². The molecule has 1 atom stereocenters. The first-order valence-corrected chi connectivity index (χ1v) is 11.2. The van der Waals surface area contributed by atoms with Gasteiger partial charge in [0.05, 0.1) is 30.8 Å². The van der Waals surface area contributed by atoms with E-state index in [9.17, 15) is 19.2 Å². The summed E-state index contributed by atoms with van der Waals surface area (Å²) in [4.78, 5) is 55.4. The van der Waals surface area contributed by atoms with Crippen LogP contribution in [0.3, 0.4) is 0 Å². The first kappa shape index (κ1) is 22.4. The molecule has 0 spiro atoms. The largest absolute Gasteiger partial charge is 0.465 e. The number of primary amides is 1. The SMILES string of the molecule is COC(=O)c1ccc(N2C(=O)C[C@H](N3CCC(C(N)=O)(N4CCCCC4)CC3)C2=O)cc1. The van der Waals surface area contributed by atoms with Crippen molar-refractivity contribution in [1.29, 1.82) is 0 Å². The molecule has 3 saturated heterocycles. The number of anilines is 1. The molecule has 3 fully saturated rings. The molecule has 3 aliphatic heterocycles. The Balaban J connectivity index is 1.45. The van der Waals surface area contributed by atoms with Crippen LogP contribution in [0.25, 0.3) is 0 Å². The van der Waals surface area contributed by atoms with Crippen LogP contribution in [0.15, 0.2) is 24.3 Å². The number of benzene rings is 1. The molecule has 9 heteroatoms. The molecule has 0 bridgehead atoms. The number of rotatable bonds is 5. The minimum absolute atomic E-state index is 0.102. The van der Waals surface area contributed by atoms with Gasteiger partial charge in [-0.1, -0.05) is 6.42 Å². The van der Waals surface area contributed by atoms with Gasteiger partial charge in [-0.15, -0.1) is 0 Å². The standard InChI is InChI=1S/C23H30N4O5/c1-32-21(30)16-5-7-17(8-6-16)27-19(28)15-18(20(27)29)25-13-9-23(10-14-25,22(24)31)26-11-3-2-4-12-26/h5-8,18H,2-4,9-15H2,1H3,(H2,24,31)/t18-/m0/s1. The number of ether oxygens (including phenoxy) is 1. The highest BCUT2D eigenvalue weighted by Crippen LogP contribution is 2.34. The van der Waals surface area contributed by atoms with Crippen molar-refractivity contribution < 1.29 is 23.9 Å².